The van der Waals surface area contributed by atoms with Crippen LogP contribution in [0.1, 0.15) is 13.8 Å². The third-order valence-electron chi connectivity index (χ3n) is 2.30. The maximum Gasteiger partial charge on any atom is 0.296 e. The lowest BCUT2D eigenvalue weighted by Gasteiger charge is -2.04. The topological polar surface area (TPSA) is 72.6 Å². The van der Waals surface area contributed by atoms with Gasteiger partial charge in [0, 0.05) is 22.0 Å². The molecule has 0 heterocycles. The maximum atomic E-state index is 12.2. The highest BCUT2D eigenvalue weighted by Crippen LogP contribution is 2.31. The number of hydrogen-bond acceptors (Lipinski definition) is 4. The third kappa shape index (κ3) is 3.50. The Morgan fingerprint density at radius 3 is 2.47 bits per heavy atom. The van der Waals surface area contributed by atoms with Gasteiger partial charge in [0.25, 0.3) is 5.69 Å². The highest BCUT2D eigenvalue weighted by Gasteiger charge is 2.15. The Balaban J connectivity index is 3.42. The molecule has 0 spiro atoms. The van der Waals surface area contributed by atoms with Gasteiger partial charge in [0.1, 0.15) is 0 Å². The molecule has 0 fully saturated rings. The van der Waals surface area contributed by atoms with E-state index in [1.165, 1.54) is 12.1 Å². The second-order valence-corrected chi connectivity index (χ2v) is 7.13. The summed E-state index contributed by atoms with van der Waals surface area (Å²) in [7, 11) is -2.38. The van der Waals surface area contributed by atoms with Crippen molar-refractivity contribution in [3.05, 3.63) is 32.8 Å². The zero-order valence-electron chi connectivity index (χ0n) is 9.55. The first-order valence-corrected chi connectivity index (χ1v) is 7.73. The Bertz CT molecular complexity index is 540. The molecule has 0 saturated carbocycles. The summed E-state index contributed by atoms with van der Waals surface area (Å²) in [6.07, 6.45) is 0. The van der Waals surface area contributed by atoms with Crippen molar-refractivity contribution < 1.29 is 9.13 Å². The van der Waals surface area contributed by atoms with Crippen LogP contribution < -0.4 is 0 Å². The molecule has 17 heavy (non-hydrogen) atoms. The van der Waals surface area contributed by atoms with Crippen LogP contribution in [0.4, 0.5) is 11.4 Å². The number of halogens is 1. The molecule has 0 atom stereocenters. The molecule has 0 aliphatic rings. The fourth-order valence-electron chi connectivity index (χ4n) is 1.23. The Morgan fingerprint density at radius 2 is 2.00 bits per heavy atom. The largest absolute Gasteiger partial charge is 0.296 e. The van der Waals surface area contributed by atoms with E-state index in [0.29, 0.717) is 16.0 Å². The number of nitro groups is 1. The molecule has 0 aromatic heterocycles. The van der Waals surface area contributed by atoms with Gasteiger partial charge >= 0.3 is 0 Å². The molecule has 94 valence electrons. The van der Waals surface area contributed by atoms with Crippen molar-refractivity contribution in [1.29, 1.82) is 0 Å². The summed E-state index contributed by atoms with van der Waals surface area (Å²) in [6.45, 7) is 3.53. The van der Waals surface area contributed by atoms with E-state index in [-0.39, 0.29) is 11.4 Å². The minimum atomic E-state index is -2.38. The normalized spacial score (nSPS) is 11.2. The van der Waals surface area contributed by atoms with Crippen molar-refractivity contribution in [2.24, 2.45) is 4.36 Å². The van der Waals surface area contributed by atoms with Gasteiger partial charge in [-0.2, -0.15) is 4.36 Å². The summed E-state index contributed by atoms with van der Waals surface area (Å²) in [5.41, 5.74) is 0.0425. The molecule has 1 rings (SSSR count). The number of rotatable bonds is 4. The van der Waals surface area contributed by atoms with E-state index < -0.39 is 14.7 Å². The summed E-state index contributed by atoms with van der Waals surface area (Å²) in [6, 6.07) is 4.52. The van der Waals surface area contributed by atoms with E-state index >= 15 is 0 Å². The molecule has 1 aromatic rings. The fraction of sp³-hybridized carbons (Fsp3) is 0.400. The van der Waals surface area contributed by atoms with E-state index in [1.807, 2.05) is 0 Å². The molecule has 0 N–H and O–H groups in total. The Hall–Kier alpha value is -0.950. The van der Waals surface area contributed by atoms with E-state index in [4.69, 9.17) is 0 Å². The molecule has 7 heteroatoms. The maximum absolute atomic E-state index is 12.2. The van der Waals surface area contributed by atoms with Crippen molar-refractivity contribution in [2.45, 2.75) is 13.8 Å². The van der Waals surface area contributed by atoms with Crippen LogP contribution in [0.5, 0.6) is 0 Å². The highest BCUT2D eigenvalue weighted by molar-refractivity contribution is 9.10. The third-order valence-corrected chi connectivity index (χ3v) is 5.13. The van der Waals surface area contributed by atoms with Crippen LogP contribution in [0, 0.1) is 10.1 Å². The van der Waals surface area contributed by atoms with Crippen LogP contribution >= 0.6 is 15.9 Å². The molecule has 1 aromatic carbocycles. The van der Waals surface area contributed by atoms with Crippen molar-refractivity contribution in [3.63, 3.8) is 0 Å². The lowest BCUT2D eigenvalue weighted by Crippen LogP contribution is -2.05. The SMILES string of the molecule is CCS(=O)(CC)=Nc1ccc(Br)cc1[N+](=O)[O-]. The zero-order valence-corrected chi connectivity index (χ0v) is 12.0. The molecule has 0 aliphatic heterocycles. The number of hydrogen-bond donors (Lipinski definition) is 0. The van der Waals surface area contributed by atoms with E-state index in [9.17, 15) is 14.3 Å². The Labute approximate surface area is 109 Å². The monoisotopic (exact) mass is 320 g/mol. The van der Waals surface area contributed by atoms with E-state index in [2.05, 4.69) is 20.3 Å². The second kappa shape index (κ2) is 5.59. The van der Waals surface area contributed by atoms with Crippen LogP contribution in [-0.4, -0.2) is 20.6 Å². The van der Waals surface area contributed by atoms with E-state index in [0.717, 1.165) is 0 Å². The molecule has 0 aliphatic carbocycles. The molecule has 0 saturated heterocycles. The summed E-state index contributed by atoms with van der Waals surface area (Å²) < 4.78 is 16.8. The summed E-state index contributed by atoms with van der Waals surface area (Å²) >= 11 is 3.16. The summed E-state index contributed by atoms with van der Waals surface area (Å²) in [5.74, 6) is 0.771. The van der Waals surface area contributed by atoms with E-state index in [1.54, 1.807) is 19.9 Å². The van der Waals surface area contributed by atoms with Gasteiger partial charge in [-0.3, -0.25) is 10.1 Å². The first-order chi connectivity index (χ1) is 7.91. The van der Waals surface area contributed by atoms with Crippen LogP contribution in [0.25, 0.3) is 0 Å². The van der Waals surface area contributed by atoms with Gasteiger partial charge in [-0.25, -0.2) is 4.21 Å². The van der Waals surface area contributed by atoms with Gasteiger partial charge in [-0.1, -0.05) is 29.8 Å². The first-order valence-electron chi connectivity index (χ1n) is 5.08. The van der Waals surface area contributed by atoms with Crippen LogP contribution in [-0.2, 0) is 9.73 Å². The van der Waals surface area contributed by atoms with Gasteiger partial charge in [-0.15, -0.1) is 0 Å². The zero-order chi connectivity index (χ0) is 13.1. The molecule has 0 amide bonds. The lowest BCUT2D eigenvalue weighted by atomic mass is 10.3. The Kier molecular flexibility index (Phi) is 4.64. The molecular formula is C10H13BrN2O3S. The first kappa shape index (κ1) is 14.1. The smallest absolute Gasteiger partial charge is 0.258 e. The lowest BCUT2D eigenvalue weighted by molar-refractivity contribution is -0.384. The second-order valence-electron chi connectivity index (χ2n) is 3.33. The van der Waals surface area contributed by atoms with Gasteiger partial charge in [0.2, 0.25) is 0 Å². The van der Waals surface area contributed by atoms with Gasteiger partial charge in [0.05, 0.1) is 14.7 Å². The predicted octanol–water partition coefficient (Wildman–Crippen LogP) is 3.50. The highest BCUT2D eigenvalue weighted by atomic mass is 79.9. The molecule has 0 bridgehead atoms. The van der Waals surface area contributed by atoms with Gasteiger partial charge in [0.15, 0.2) is 5.69 Å². The molecule has 0 unspecified atom stereocenters. The average Bonchev–Trinajstić information content (AvgIpc) is 2.31. The van der Waals surface area contributed by atoms with Crippen molar-refractivity contribution in [3.8, 4) is 0 Å². The molecule has 0 radical (unpaired) electrons. The number of nitrogens with zero attached hydrogens (tertiary/aromatic N) is 2. The van der Waals surface area contributed by atoms with Crippen LogP contribution in [0.15, 0.2) is 27.0 Å². The minimum absolute atomic E-state index is 0.131. The van der Waals surface area contributed by atoms with Crippen LogP contribution in [0.3, 0.4) is 0 Å². The van der Waals surface area contributed by atoms with Gasteiger partial charge in [-0.05, 0) is 12.1 Å². The van der Waals surface area contributed by atoms with Crippen LogP contribution in [0.2, 0.25) is 0 Å². The Morgan fingerprint density at radius 1 is 1.41 bits per heavy atom. The number of nitro benzene ring substituents is 1. The number of benzene rings is 1. The average molecular weight is 321 g/mol. The fourth-order valence-corrected chi connectivity index (χ4v) is 2.76. The van der Waals surface area contributed by atoms with Crippen molar-refractivity contribution in [1.82, 2.24) is 0 Å². The summed E-state index contributed by atoms with van der Waals surface area (Å²) in [4.78, 5) is 10.3. The molecular weight excluding hydrogens is 308 g/mol. The standard InChI is InChI=1S/C10H13BrN2O3S/c1-3-17(16,4-2)12-9-6-5-8(11)7-10(9)13(14)15/h5-7H,3-4H2,1-2H3. The molecule has 5 nitrogen and oxygen atoms in total. The predicted molar refractivity (Wildman–Crippen MR) is 72.1 cm³/mol. The minimum Gasteiger partial charge on any atom is -0.258 e. The quantitative estimate of drug-likeness (QED) is 0.629. The van der Waals surface area contributed by atoms with Gasteiger partial charge < -0.3 is 0 Å². The summed E-state index contributed by atoms with van der Waals surface area (Å²) in [5, 5.41) is 10.9. The van der Waals surface area contributed by atoms with Crippen molar-refractivity contribution >= 4 is 37.0 Å². The van der Waals surface area contributed by atoms with Crippen molar-refractivity contribution in [2.75, 3.05) is 11.5 Å².